The number of nitrogens with one attached hydrogen (secondary N) is 2. The quantitative estimate of drug-likeness (QED) is 0.288. The number of benzene rings is 2. The van der Waals surface area contributed by atoms with Crippen molar-refractivity contribution >= 4 is 40.9 Å². The third-order valence-electron chi connectivity index (χ3n) is 7.00. The number of carbonyl (C=O) groups is 3. The molecule has 0 bridgehead atoms. The highest BCUT2D eigenvalue weighted by Crippen LogP contribution is 2.31. The van der Waals surface area contributed by atoms with E-state index in [1.807, 2.05) is 6.92 Å². The van der Waals surface area contributed by atoms with Crippen molar-refractivity contribution in [3.8, 4) is 5.75 Å². The molecule has 0 saturated heterocycles. The van der Waals surface area contributed by atoms with Crippen LogP contribution >= 0.6 is 11.6 Å². The third kappa shape index (κ3) is 6.92. The van der Waals surface area contributed by atoms with Crippen LogP contribution in [0.2, 0.25) is 5.02 Å². The van der Waals surface area contributed by atoms with Crippen molar-refractivity contribution in [2.75, 3.05) is 38.5 Å². The number of halogens is 2. The Morgan fingerprint density at radius 3 is 2.57 bits per heavy atom. The van der Waals surface area contributed by atoms with E-state index in [1.54, 1.807) is 47.6 Å². The van der Waals surface area contributed by atoms with Crippen LogP contribution in [-0.2, 0) is 11.8 Å². The molecule has 4 rings (SSSR count). The van der Waals surface area contributed by atoms with Crippen molar-refractivity contribution < 1.29 is 28.1 Å². The van der Waals surface area contributed by atoms with Crippen molar-refractivity contribution in [3.63, 3.8) is 0 Å². The van der Waals surface area contributed by atoms with Crippen LogP contribution in [0.3, 0.4) is 0 Å². The summed E-state index contributed by atoms with van der Waals surface area (Å²) in [5.74, 6) is -1.07. The SMILES string of the molecule is C=CC(=O)[N+]1=C(C)CN(C[C@@H](Oc2cc(C)c(C(=O)Nc3ccn(C)n3)cc2C(=O)NC)c2ccc(Cl)c(F)c2)CC1. The monoisotopic (exact) mass is 595 g/mol. The number of aryl methyl sites for hydroxylation is 2. The van der Waals surface area contributed by atoms with Crippen molar-refractivity contribution in [2.24, 2.45) is 7.05 Å². The van der Waals surface area contributed by atoms with Crippen LogP contribution in [-0.4, -0.2) is 75.9 Å². The first-order chi connectivity index (χ1) is 20.0. The van der Waals surface area contributed by atoms with Gasteiger partial charge in [0.15, 0.2) is 18.1 Å². The number of amides is 3. The average molecular weight is 596 g/mol. The molecule has 3 aromatic rings. The molecule has 12 heteroatoms. The summed E-state index contributed by atoms with van der Waals surface area (Å²) < 4.78 is 24.3. The smallest absolute Gasteiger partial charge is 0.411 e. The van der Waals surface area contributed by atoms with Gasteiger partial charge in [-0.3, -0.25) is 19.2 Å². The van der Waals surface area contributed by atoms with Crippen molar-refractivity contribution in [3.05, 3.63) is 88.3 Å². The molecule has 2 aromatic carbocycles. The molecular formula is C30H33ClFN6O4+. The lowest BCUT2D eigenvalue weighted by Gasteiger charge is -2.30. The van der Waals surface area contributed by atoms with Gasteiger partial charge >= 0.3 is 5.91 Å². The number of anilines is 1. The van der Waals surface area contributed by atoms with Crippen LogP contribution in [0.4, 0.5) is 10.2 Å². The molecule has 3 amide bonds. The number of nitrogens with zero attached hydrogens (tertiary/aromatic N) is 4. The number of aromatic nitrogens is 2. The van der Waals surface area contributed by atoms with Crippen molar-refractivity contribution in [2.45, 2.75) is 20.0 Å². The Balaban J connectivity index is 1.68. The fourth-order valence-electron chi connectivity index (χ4n) is 4.80. The molecule has 1 atom stereocenters. The molecule has 220 valence electrons. The van der Waals surface area contributed by atoms with E-state index in [4.69, 9.17) is 16.3 Å². The van der Waals surface area contributed by atoms with Gasteiger partial charge in [0.25, 0.3) is 11.8 Å². The maximum atomic E-state index is 14.6. The normalized spacial score (nSPS) is 14.3. The van der Waals surface area contributed by atoms with Gasteiger partial charge < -0.3 is 15.4 Å². The average Bonchev–Trinajstić information content (AvgIpc) is 3.37. The summed E-state index contributed by atoms with van der Waals surface area (Å²) in [6, 6.07) is 9.19. The highest BCUT2D eigenvalue weighted by molar-refractivity contribution is 6.30. The highest BCUT2D eigenvalue weighted by atomic mass is 35.5. The minimum Gasteiger partial charge on any atom is -0.484 e. The summed E-state index contributed by atoms with van der Waals surface area (Å²) in [5, 5.41) is 9.48. The Hall–Kier alpha value is -4.35. The van der Waals surface area contributed by atoms with E-state index >= 15 is 0 Å². The van der Waals surface area contributed by atoms with Crippen molar-refractivity contribution in [1.82, 2.24) is 20.0 Å². The van der Waals surface area contributed by atoms with Crippen LogP contribution in [0, 0.1) is 12.7 Å². The van der Waals surface area contributed by atoms with E-state index in [2.05, 4.69) is 27.2 Å². The van der Waals surface area contributed by atoms with Gasteiger partial charge in [-0.1, -0.05) is 24.2 Å². The molecule has 2 N–H and O–H groups in total. The van der Waals surface area contributed by atoms with Crippen molar-refractivity contribution in [1.29, 1.82) is 0 Å². The summed E-state index contributed by atoms with van der Waals surface area (Å²) in [6.45, 7) is 8.97. The predicted octanol–water partition coefficient (Wildman–Crippen LogP) is 3.75. The molecule has 42 heavy (non-hydrogen) atoms. The van der Waals surface area contributed by atoms with E-state index < -0.39 is 23.7 Å². The summed E-state index contributed by atoms with van der Waals surface area (Å²) in [4.78, 5) is 40.4. The zero-order chi connectivity index (χ0) is 30.6. The Morgan fingerprint density at radius 2 is 1.95 bits per heavy atom. The predicted molar refractivity (Wildman–Crippen MR) is 158 cm³/mol. The second-order valence-electron chi connectivity index (χ2n) is 10.0. The standard InChI is InChI=1S/C30H32ClFN6O4/c1-6-28(39)38-12-11-37(16-19(38)3)17-26(20-7-8-23(31)24(32)14-20)42-25-13-18(2)21(15-22(25)29(40)33-4)30(41)34-27-9-10-36(5)35-27/h6-10,13-15,26H,1,11-12,16-17H2,2-5H3,(H-,33,34,35,40,41)/p+1/t26-/m1/s1. The summed E-state index contributed by atoms with van der Waals surface area (Å²) in [6.07, 6.45) is 2.26. The first-order valence-corrected chi connectivity index (χ1v) is 13.7. The minimum absolute atomic E-state index is 0.0246. The first kappa shape index (κ1) is 30.6. The summed E-state index contributed by atoms with van der Waals surface area (Å²) in [5.41, 5.74) is 2.33. The fraction of sp³-hybridized carbons (Fsp3) is 0.300. The Labute approximate surface area is 248 Å². The molecule has 1 aliphatic rings. The number of carbonyl (C=O) groups excluding carboxylic acids is 3. The lowest BCUT2D eigenvalue weighted by Crippen LogP contribution is -2.47. The molecule has 0 unspecified atom stereocenters. The maximum absolute atomic E-state index is 14.6. The molecule has 0 radical (unpaired) electrons. The number of hydrogen-bond acceptors (Lipinski definition) is 6. The Kier molecular flexibility index (Phi) is 9.54. The number of ether oxygens (including phenoxy) is 1. The second kappa shape index (κ2) is 13.1. The van der Waals surface area contributed by atoms with Crippen LogP contribution in [0.25, 0.3) is 0 Å². The fourth-order valence-corrected chi connectivity index (χ4v) is 4.91. The lowest BCUT2D eigenvalue weighted by atomic mass is 10.0. The van der Waals surface area contributed by atoms with Gasteiger partial charge in [0.1, 0.15) is 17.7 Å². The van der Waals surface area contributed by atoms with E-state index in [0.29, 0.717) is 43.1 Å². The molecule has 0 spiro atoms. The molecule has 0 fully saturated rings. The van der Waals surface area contributed by atoms with Gasteiger partial charge in [0.05, 0.1) is 23.7 Å². The summed E-state index contributed by atoms with van der Waals surface area (Å²) >= 11 is 5.96. The molecule has 0 aliphatic carbocycles. The van der Waals surface area contributed by atoms with E-state index in [1.165, 1.54) is 31.3 Å². The summed E-state index contributed by atoms with van der Waals surface area (Å²) in [7, 11) is 3.22. The van der Waals surface area contributed by atoms with Gasteiger partial charge in [0, 0.05) is 51.5 Å². The van der Waals surface area contributed by atoms with Gasteiger partial charge in [-0.15, -0.1) is 0 Å². The van der Waals surface area contributed by atoms with Crippen LogP contribution in [0.1, 0.15) is 44.9 Å². The second-order valence-corrected chi connectivity index (χ2v) is 10.4. The molecule has 1 aliphatic heterocycles. The van der Waals surface area contributed by atoms with Crippen LogP contribution in [0.15, 0.2) is 55.3 Å². The largest absolute Gasteiger partial charge is 0.484 e. The Bertz CT molecular complexity index is 1580. The lowest BCUT2D eigenvalue weighted by molar-refractivity contribution is -0.451. The zero-order valence-corrected chi connectivity index (χ0v) is 24.7. The van der Waals surface area contributed by atoms with Gasteiger partial charge in [-0.05, 0) is 42.3 Å². The van der Waals surface area contributed by atoms with Crippen LogP contribution in [0.5, 0.6) is 5.75 Å². The molecule has 10 nitrogen and oxygen atoms in total. The number of hydrogen-bond donors (Lipinski definition) is 2. The molecular weight excluding hydrogens is 563 g/mol. The maximum Gasteiger partial charge on any atom is 0.411 e. The van der Waals surface area contributed by atoms with Gasteiger partial charge in [-0.2, -0.15) is 9.67 Å². The third-order valence-corrected chi connectivity index (χ3v) is 7.31. The minimum atomic E-state index is -0.720. The topological polar surface area (TPSA) is 109 Å². The number of rotatable bonds is 9. The van der Waals surface area contributed by atoms with E-state index in [-0.39, 0.29) is 27.8 Å². The van der Waals surface area contributed by atoms with Crippen LogP contribution < -0.4 is 15.4 Å². The zero-order valence-electron chi connectivity index (χ0n) is 23.9. The van der Waals surface area contributed by atoms with E-state index in [9.17, 15) is 18.8 Å². The molecule has 0 saturated carbocycles. The first-order valence-electron chi connectivity index (χ1n) is 13.3. The Morgan fingerprint density at radius 1 is 1.19 bits per heavy atom. The molecule has 1 aromatic heterocycles. The van der Waals surface area contributed by atoms with Gasteiger partial charge in [-0.25, -0.2) is 9.18 Å². The molecule has 2 heterocycles. The van der Waals surface area contributed by atoms with Gasteiger partial charge in [0.2, 0.25) is 0 Å². The highest BCUT2D eigenvalue weighted by Gasteiger charge is 2.30. The van der Waals surface area contributed by atoms with E-state index in [0.717, 1.165) is 5.71 Å².